The van der Waals surface area contributed by atoms with Crippen LogP contribution in [0.4, 0.5) is 0 Å². The molecule has 0 fully saturated rings. The number of aromatic nitrogens is 2. The normalized spacial score (nSPS) is 9.31. The van der Waals surface area contributed by atoms with Crippen LogP contribution in [0.25, 0.3) is 11.4 Å². The van der Waals surface area contributed by atoms with E-state index in [0.717, 1.165) is 11.1 Å². The highest BCUT2D eigenvalue weighted by atomic mass is 16.2. The van der Waals surface area contributed by atoms with E-state index in [1.165, 1.54) is 0 Å². The summed E-state index contributed by atoms with van der Waals surface area (Å²) in [5.74, 6) is 6.13. The van der Waals surface area contributed by atoms with Crippen molar-refractivity contribution in [1.82, 2.24) is 9.97 Å². The lowest BCUT2D eigenvalue weighted by atomic mass is 10.1. The van der Waals surface area contributed by atoms with E-state index < -0.39 is 0 Å². The molecule has 0 spiro atoms. The van der Waals surface area contributed by atoms with Crippen molar-refractivity contribution in [3.63, 3.8) is 0 Å². The summed E-state index contributed by atoms with van der Waals surface area (Å²) < 4.78 is 0. The second kappa shape index (κ2) is 5.06. The van der Waals surface area contributed by atoms with Crippen LogP contribution in [0, 0.1) is 11.8 Å². The van der Waals surface area contributed by atoms with E-state index in [4.69, 9.17) is 5.11 Å². The SMILES string of the molecule is OCC#Cc1ccc(-c2ncccn2)cc1. The molecule has 1 aromatic carbocycles. The van der Waals surface area contributed by atoms with E-state index in [1.807, 2.05) is 24.3 Å². The number of hydrogen-bond donors (Lipinski definition) is 1. The predicted molar refractivity (Wildman–Crippen MR) is 61.4 cm³/mol. The highest BCUT2D eigenvalue weighted by molar-refractivity contribution is 5.56. The van der Waals surface area contributed by atoms with Gasteiger partial charge in [0.1, 0.15) is 6.61 Å². The molecular weight excluding hydrogens is 200 g/mol. The summed E-state index contributed by atoms with van der Waals surface area (Å²) in [4.78, 5) is 8.31. The Kier molecular flexibility index (Phi) is 3.27. The summed E-state index contributed by atoms with van der Waals surface area (Å²) in [6, 6.07) is 9.38. The molecule has 16 heavy (non-hydrogen) atoms. The van der Waals surface area contributed by atoms with Crippen LogP contribution in [0.5, 0.6) is 0 Å². The fourth-order valence-electron chi connectivity index (χ4n) is 1.29. The summed E-state index contributed by atoms with van der Waals surface area (Å²) in [7, 11) is 0. The fraction of sp³-hybridized carbons (Fsp3) is 0.0769. The molecule has 0 saturated carbocycles. The van der Waals surface area contributed by atoms with E-state index >= 15 is 0 Å². The number of benzene rings is 1. The lowest BCUT2D eigenvalue weighted by Gasteiger charge is -1.98. The van der Waals surface area contributed by atoms with E-state index in [1.54, 1.807) is 18.5 Å². The summed E-state index contributed by atoms with van der Waals surface area (Å²) >= 11 is 0. The second-order valence-corrected chi connectivity index (χ2v) is 3.11. The highest BCUT2D eigenvalue weighted by Gasteiger charge is 1.98. The van der Waals surface area contributed by atoms with Gasteiger partial charge in [-0.1, -0.05) is 11.8 Å². The molecule has 2 aromatic rings. The molecule has 1 aromatic heterocycles. The monoisotopic (exact) mass is 210 g/mol. The van der Waals surface area contributed by atoms with Crippen molar-refractivity contribution in [2.75, 3.05) is 6.61 Å². The zero-order chi connectivity index (χ0) is 11.2. The largest absolute Gasteiger partial charge is 0.384 e. The molecule has 0 saturated heterocycles. The Bertz CT molecular complexity index is 509. The van der Waals surface area contributed by atoms with Crippen LogP contribution in [0.1, 0.15) is 5.56 Å². The molecule has 0 radical (unpaired) electrons. The van der Waals surface area contributed by atoms with Gasteiger partial charge in [0.2, 0.25) is 0 Å². The maximum absolute atomic E-state index is 8.57. The topological polar surface area (TPSA) is 46.0 Å². The van der Waals surface area contributed by atoms with Crippen molar-refractivity contribution >= 4 is 0 Å². The van der Waals surface area contributed by atoms with Crippen molar-refractivity contribution in [2.24, 2.45) is 0 Å². The molecule has 2 rings (SSSR count). The third-order valence-corrected chi connectivity index (χ3v) is 2.02. The van der Waals surface area contributed by atoms with Gasteiger partial charge in [0.15, 0.2) is 5.82 Å². The van der Waals surface area contributed by atoms with Crippen LogP contribution in [-0.2, 0) is 0 Å². The molecule has 0 amide bonds. The third kappa shape index (κ3) is 2.44. The van der Waals surface area contributed by atoms with Crippen LogP contribution in [0.3, 0.4) is 0 Å². The first-order valence-electron chi connectivity index (χ1n) is 4.87. The lowest BCUT2D eigenvalue weighted by Crippen LogP contribution is -1.86. The molecule has 3 nitrogen and oxygen atoms in total. The second-order valence-electron chi connectivity index (χ2n) is 3.11. The summed E-state index contributed by atoms with van der Waals surface area (Å²) in [5, 5.41) is 8.57. The maximum Gasteiger partial charge on any atom is 0.159 e. The van der Waals surface area contributed by atoms with E-state index in [-0.39, 0.29) is 6.61 Å². The summed E-state index contributed by atoms with van der Waals surface area (Å²) in [6.45, 7) is -0.121. The van der Waals surface area contributed by atoms with Crippen LogP contribution in [-0.4, -0.2) is 21.7 Å². The van der Waals surface area contributed by atoms with Gasteiger partial charge in [-0.3, -0.25) is 0 Å². The molecular formula is C13H10N2O. The first kappa shape index (κ1) is 10.3. The molecule has 0 bridgehead atoms. The van der Waals surface area contributed by atoms with Gasteiger partial charge in [0, 0.05) is 23.5 Å². The molecule has 3 heteroatoms. The Morgan fingerprint density at radius 3 is 2.38 bits per heavy atom. The minimum Gasteiger partial charge on any atom is -0.384 e. The van der Waals surface area contributed by atoms with Crippen LogP contribution in [0.15, 0.2) is 42.7 Å². The Balaban J connectivity index is 2.26. The molecule has 0 aliphatic carbocycles. The molecule has 0 aliphatic heterocycles. The zero-order valence-electron chi connectivity index (χ0n) is 8.59. The standard InChI is InChI=1S/C13H10N2O/c16-10-1-3-11-4-6-12(7-5-11)13-14-8-2-9-15-13/h2,4-9,16H,10H2. The molecule has 0 aliphatic rings. The van der Waals surface area contributed by atoms with Crippen molar-refractivity contribution in [3.8, 4) is 23.2 Å². The first-order chi connectivity index (χ1) is 7.90. The minimum absolute atomic E-state index is 0.121. The number of nitrogens with zero attached hydrogens (tertiary/aromatic N) is 2. The Morgan fingerprint density at radius 1 is 1.06 bits per heavy atom. The van der Waals surface area contributed by atoms with Crippen LogP contribution < -0.4 is 0 Å². The first-order valence-corrected chi connectivity index (χ1v) is 4.87. The van der Waals surface area contributed by atoms with Gasteiger partial charge in [-0.25, -0.2) is 9.97 Å². The smallest absolute Gasteiger partial charge is 0.159 e. The zero-order valence-corrected chi connectivity index (χ0v) is 8.59. The fourth-order valence-corrected chi connectivity index (χ4v) is 1.29. The molecule has 1 heterocycles. The van der Waals surface area contributed by atoms with Gasteiger partial charge in [0.05, 0.1) is 0 Å². The Morgan fingerprint density at radius 2 is 1.75 bits per heavy atom. The third-order valence-electron chi connectivity index (χ3n) is 2.02. The van der Waals surface area contributed by atoms with Gasteiger partial charge in [0.25, 0.3) is 0 Å². The number of aliphatic hydroxyl groups is 1. The Labute approximate surface area is 93.8 Å². The van der Waals surface area contributed by atoms with E-state index in [9.17, 15) is 0 Å². The number of rotatable bonds is 1. The van der Waals surface area contributed by atoms with Crippen molar-refractivity contribution in [2.45, 2.75) is 0 Å². The predicted octanol–water partition coefficient (Wildman–Crippen LogP) is 1.49. The molecule has 1 N–H and O–H groups in total. The van der Waals surface area contributed by atoms with Gasteiger partial charge in [-0.2, -0.15) is 0 Å². The van der Waals surface area contributed by atoms with Gasteiger partial charge in [-0.15, -0.1) is 0 Å². The molecule has 78 valence electrons. The van der Waals surface area contributed by atoms with E-state index in [2.05, 4.69) is 21.8 Å². The molecule has 0 unspecified atom stereocenters. The average Bonchev–Trinajstić information content (AvgIpc) is 2.38. The van der Waals surface area contributed by atoms with Crippen molar-refractivity contribution < 1.29 is 5.11 Å². The summed E-state index contributed by atoms with van der Waals surface area (Å²) in [6.07, 6.45) is 3.42. The van der Waals surface area contributed by atoms with Crippen LogP contribution >= 0.6 is 0 Å². The quantitative estimate of drug-likeness (QED) is 0.725. The van der Waals surface area contributed by atoms with Crippen molar-refractivity contribution in [3.05, 3.63) is 48.3 Å². The average molecular weight is 210 g/mol. The minimum atomic E-state index is -0.121. The maximum atomic E-state index is 8.57. The van der Waals surface area contributed by atoms with E-state index in [0.29, 0.717) is 5.82 Å². The van der Waals surface area contributed by atoms with Crippen molar-refractivity contribution in [1.29, 1.82) is 0 Å². The Hall–Kier alpha value is -2.18. The number of hydrogen-bond acceptors (Lipinski definition) is 3. The van der Waals surface area contributed by atoms with Gasteiger partial charge in [-0.05, 0) is 30.3 Å². The number of aliphatic hydroxyl groups excluding tert-OH is 1. The molecule has 0 atom stereocenters. The summed E-state index contributed by atoms with van der Waals surface area (Å²) in [5.41, 5.74) is 1.82. The lowest BCUT2D eigenvalue weighted by molar-refractivity contribution is 0.350. The van der Waals surface area contributed by atoms with Crippen LogP contribution in [0.2, 0.25) is 0 Å². The highest BCUT2D eigenvalue weighted by Crippen LogP contribution is 2.13. The van der Waals surface area contributed by atoms with Gasteiger partial charge < -0.3 is 5.11 Å². The van der Waals surface area contributed by atoms with Gasteiger partial charge >= 0.3 is 0 Å².